The molecule has 0 radical (unpaired) electrons. The summed E-state index contributed by atoms with van der Waals surface area (Å²) in [6.07, 6.45) is 2.73. The molecule has 1 heterocycles. The van der Waals surface area contributed by atoms with Crippen molar-refractivity contribution in [1.82, 2.24) is 4.98 Å². The largest absolute Gasteiger partial charge is 0.384 e. The van der Waals surface area contributed by atoms with E-state index in [4.69, 9.17) is 0 Å². The quantitative estimate of drug-likeness (QED) is 0.850. The molecule has 1 amide bonds. The lowest BCUT2D eigenvalue weighted by Crippen LogP contribution is -2.14. The van der Waals surface area contributed by atoms with Gasteiger partial charge in [-0.15, -0.1) is 0 Å². The Kier molecular flexibility index (Phi) is 5.33. The first-order valence-electron chi connectivity index (χ1n) is 6.87. The van der Waals surface area contributed by atoms with Gasteiger partial charge in [-0.1, -0.05) is 22.9 Å². The van der Waals surface area contributed by atoms with Crippen LogP contribution in [0.15, 0.2) is 41.0 Å². The number of nitrogens with one attached hydrogen (secondary N) is 2. The number of pyridine rings is 1. The van der Waals surface area contributed by atoms with E-state index in [1.54, 1.807) is 12.3 Å². The minimum atomic E-state index is -0.206. The Hall–Kier alpha value is -1.88. The van der Waals surface area contributed by atoms with Gasteiger partial charge in [0.2, 0.25) is 0 Å². The van der Waals surface area contributed by atoms with Crippen LogP contribution in [-0.4, -0.2) is 17.4 Å². The molecule has 0 atom stereocenters. The second-order valence-electron chi connectivity index (χ2n) is 4.77. The molecule has 0 aliphatic rings. The van der Waals surface area contributed by atoms with Crippen LogP contribution in [0, 0.1) is 6.92 Å². The summed E-state index contributed by atoms with van der Waals surface area (Å²) in [6, 6.07) is 9.32. The molecule has 0 bridgehead atoms. The van der Waals surface area contributed by atoms with Gasteiger partial charge in [0.1, 0.15) is 5.69 Å². The maximum Gasteiger partial charge on any atom is 0.274 e. The number of hydrogen-bond donors (Lipinski definition) is 2. The number of benzene rings is 1. The topological polar surface area (TPSA) is 54.0 Å². The third kappa shape index (κ3) is 4.29. The number of carbonyl (C=O) groups is 1. The molecule has 21 heavy (non-hydrogen) atoms. The Morgan fingerprint density at radius 1 is 1.29 bits per heavy atom. The van der Waals surface area contributed by atoms with E-state index in [9.17, 15) is 4.79 Å². The lowest BCUT2D eigenvalue weighted by molar-refractivity contribution is 0.102. The smallest absolute Gasteiger partial charge is 0.274 e. The lowest BCUT2D eigenvalue weighted by atomic mass is 10.2. The van der Waals surface area contributed by atoms with Gasteiger partial charge in [-0.25, -0.2) is 4.98 Å². The van der Waals surface area contributed by atoms with Crippen molar-refractivity contribution in [2.24, 2.45) is 0 Å². The summed E-state index contributed by atoms with van der Waals surface area (Å²) >= 11 is 3.40. The fraction of sp³-hybridized carbons (Fsp3) is 0.250. The van der Waals surface area contributed by atoms with Crippen LogP contribution in [0.4, 0.5) is 11.4 Å². The molecule has 110 valence electrons. The molecule has 0 spiro atoms. The molecular weight excluding hydrogens is 330 g/mol. The van der Waals surface area contributed by atoms with E-state index in [0.717, 1.165) is 34.4 Å². The van der Waals surface area contributed by atoms with E-state index in [-0.39, 0.29) is 5.91 Å². The number of nitrogens with zero attached hydrogens (tertiary/aromatic N) is 1. The van der Waals surface area contributed by atoms with Crippen LogP contribution in [0.1, 0.15) is 29.4 Å². The zero-order chi connectivity index (χ0) is 15.2. The van der Waals surface area contributed by atoms with Crippen molar-refractivity contribution in [3.8, 4) is 0 Å². The van der Waals surface area contributed by atoms with Gasteiger partial charge in [0.15, 0.2) is 0 Å². The minimum absolute atomic E-state index is 0.206. The zero-order valence-electron chi connectivity index (χ0n) is 12.1. The molecule has 2 rings (SSSR count). The Bertz CT molecular complexity index is 626. The van der Waals surface area contributed by atoms with Crippen LogP contribution >= 0.6 is 15.9 Å². The molecule has 2 N–H and O–H groups in total. The second kappa shape index (κ2) is 7.22. The number of anilines is 2. The molecule has 1 aromatic heterocycles. The fourth-order valence-electron chi connectivity index (χ4n) is 1.86. The Morgan fingerprint density at radius 3 is 2.71 bits per heavy atom. The third-order valence-corrected chi connectivity index (χ3v) is 3.51. The first-order valence-corrected chi connectivity index (χ1v) is 7.67. The Morgan fingerprint density at radius 2 is 2.10 bits per heavy atom. The minimum Gasteiger partial charge on any atom is -0.384 e. The highest BCUT2D eigenvalue weighted by atomic mass is 79.9. The molecule has 0 saturated carbocycles. The first kappa shape index (κ1) is 15.5. The van der Waals surface area contributed by atoms with Crippen LogP contribution in [-0.2, 0) is 0 Å². The van der Waals surface area contributed by atoms with E-state index < -0.39 is 0 Å². The number of carbonyl (C=O) groups excluding carboxylic acids is 1. The SMILES string of the molecule is CCCNc1ccc(C(=O)Nc2ccc(Br)cc2C)nc1. The van der Waals surface area contributed by atoms with Gasteiger partial charge in [0.25, 0.3) is 5.91 Å². The highest BCUT2D eigenvalue weighted by Gasteiger charge is 2.09. The van der Waals surface area contributed by atoms with E-state index >= 15 is 0 Å². The summed E-state index contributed by atoms with van der Waals surface area (Å²) in [5.41, 5.74) is 3.12. The van der Waals surface area contributed by atoms with Gasteiger partial charge in [-0.3, -0.25) is 4.79 Å². The highest BCUT2D eigenvalue weighted by Crippen LogP contribution is 2.20. The molecule has 1 aromatic carbocycles. The van der Waals surface area contributed by atoms with Crippen molar-refractivity contribution in [2.45, 2.75) is 20.3 Å². The normalized spacial score (nSPS) is 10.2. The third-order valence-electron chi connectivity index (χ3n) is 3.01. The highest BCUT2D eigenvalue weighted by molar-refractivity contribution is 9.10. The maximum atomic E-state index is 12.2. The maximum absolute atomic E-state index is 12.2. The molecule has 2 aromatic rings. The predicted molar refractivity (Wildman–Crippen MR) is 89.8 cm³/mol. The zero-order valence-corrected chi connectivity index (χ0v) is 13.7. The number of amides is 1. The fourth-order valence-corrected chi connectivity index (χ4v) is 2.33. The van der Waals surface area contributed by atoms with Gasteiger partial charge < -0.3 is 10.6 Å². The molecule has 5 heteroatoms. The standard InChI is InChI=1S/C16H18BrN3O/c1-3-8-18-13-5-7-15(19-10-13)16(21)20-14-6-4-12(17)9-11(14)2/h4-7,9-10,18H,3,8H2,1-2H3,(H,20,21). The predicted octanol–water partition coefficient (Wildman–Crippen LogP) is 4.23. The van der Waals surface area contributed by atoms with E-state index in [1.807, 2.05) is 31.2 Å². The molecule has 0 aliphatic carbocycles. The molecule has 0 saturated heterocycles. The summed E-state index contributed by atoms with van der Waals surface area (Å²) in [7, 11) is 0. The lowest BCUT2D eigenvalue weighted by Gasteiger charge is -2.09. The second-order valence-corrected chi connectivity index (χ2v) is 5.69. The van der Waals surface area contributed by atoms with Gasteiger partial charge >= 0.3 is 0 Å². The van der Waals surface area contributed by atoms with Gasteiger partial charge in [0.05, 0.1) is 11.9 Å². The van der Waals surface area contributed by atoms with Crippen molar-refractivity contribution < 1.29 is 4.79 Å². The number of rotatable bonds is 5. The van der Waals surface area contributed by atoms with Gasteiger partial charge in [-0.2, -0.15) is 0 Å². The van der Waals surface area contributed by atoms with Crippen molar-refractivity contribution in [1.29, 1.82) is 0 Å². The number of halogens is 1. The van der Waals surface area contributed by atoms with Crippen LogP contribution < -0.4 is 10.6 Å². The van der Waals surface area contributed by atoms with E-state index in [0.29, 0.717) is 5.69 Å². The molecule has 4 nitrogen and oxygen atoms in total. The summed E-state index contributed by atoms with van der Waals surface area (Å²) < 4.78 is 0.988. The molecule has 0 unspecified atom stereocenters. The average molecular weight is 348 g/mol. The van der Waals surface area contributed by atoms with Crippen molar-refractivity contribution in [3.05, 3.63) is 52.3 Å². The van der Waals surface area contributed by atoms with E-state index in [2.05, 4.69) is 38.5 Å². The van der Waals surface area contributed by atoms with Crippen LogP contribution in [0.5, 0.6) is 0 Å². The average Bonchev–Trinajstić information content (AvgIpc) is 2.48. The monoisotopic (exact) mass is 347 g/mol. The number of aryl methyl sites for hydroxylation is 1. The summed E-state index contributed by atoms with van der Waals surface area (Å²) in [4.78, 5) is 16.4. The van der Waals surface area contributed by atoms with Gasteiger partial charge in [0, 0.05) is 16.7 Å². The van der Waals surface area contributed by atoms with Crippen LogP contribution in [0.25, 0.3) is 0 Å². The van der Waals surface area contributed by atoms with Crippen molar-refractivity contribution in [3.63, 3.8) is 0 Å². The van der Waals surface area contributed by atoms with Crippen LogP contribution in [0.2, 0.25) is 0 Å². The van der Waals surface area contributed by atoms with E-state index in [1.165, 1.54) is 0 Å². The summed E-state index contributed by atoms with van der Waals surface area (Å²) in [6.45, 7) is 4.94. The van der Waals surface area contributed by atoms with Crippen LogP contribution in [0.3, 0.4) is 0 Å². The molecular formula is C16H18BrN3O. The number of aromatic nitrogens is 1. The first-order chi connectivity index (χ1) is 10.1. The number of hydrogen-bond acceptors (Lipinski definition) is 3. The van der Waals surface area contributed by atoms with Crippen molar-refractivity contribution >= 4 is 33.2 Å². The summed E-state index contributed by atoms with van der Waals surface area (Å²) in [5, 5.41) is 6.10. The van der Waals surface area contributed by atoms with Gasteiger partial charge in [-0.05, 0) is 49.2 Å². The Balaban J connectivity index is 2.06. The molecule has 0 aliphatic heterocycles. The summed E-state index contributed by atoms with van der Waals surface area (Å²) in [5.74, 6) is -0.206. The Labute approximate surface area is 133 Å². The molecule has 0 fully saturated rings. The van der Waals surface area contributed by atoms with Crippen molar-refractivity contribution in [2.75, 3.05) is 17.2 Å².